The van der Waals surface area contributed by atoms with E-state index in [1.807, 2.05) is 0 Å². The Morgan fingerprint density at radius 1 is 1.38 bits per heavy atom. The third-order valence-corrected chi connectivity index (χ3v) is 3.33. The molecule has 0 bridgehead atoms. The monoisotopic (exact) mass is 337 g/mol. The predicted octanol–water partition coefficient (Wildman–Crippen LogP) is 1.09. The first kappa shape index (κ1) is 17.7. The van der Waals surface area contributed by atoms with Gasteiger partial charge in [0.25, 0.3) is 11.6 Å². The summed E-state index contributed by atoms with van der Waals surface area (Å²) in [5.41, 5.74) is 0.0428. The van der Waals surface area contributed by atoms with Gasteiger partial charge < -0.3 is 20.1 Å². The largest absolute Gasteiger partial charge is 0.452 e. The van der Waals surface area contributed by atoms with Crippen molar-refractivity contribution in [3.8, 4) is 0 Å². The van der Waals surface area contributed by atoms with Gasteiger partial charge in [-0.15, -0.1) is 0 Å². The maximum Gasteiger partial charge on any atom is 0.338 e. The molecule has 2 N–H and O–H groups in total. The van der Waals surface area contributed by atoms with Crippen LogP contribution in [0.2, 0.25) is 0 Å². The van der Waals surface area contributed by atoms with E-state index in [0.717, 1.165) is 18.9 Å². The van der Waals surface area contributed by atoms with Crippen LogP contribution in [0.15, 0.2) is 18.2 Å². The van der Waals surface area contributed by atoms with Crippen LogP contribution in [0.25, 0.3) is 0 Å². The third-order valence-electron chi connectivity index (χ3n) is 3.33. The van der Waals surface area contributed by atoms with Crippen LogP contribution in [0, 0.1) is 10.1 Å². The van der Waals surface area contributed by atoms with Gasteiger partial charge in [-0.25, -0.2) is 4.79 Å². The van der Waals surface area contributed by atoms with E-state index in [0.29, 0.717) is 13.2 Å². The molecule has 0 atom stereocenters. The van der Waals surface area contributed by atoms with Crippen molar-refractivity contribution in [2.24, 2.45) is 0 Å². The highest BCUT2D eigenvalue weighted by Crippen LogP contribution is 2.25. The summed E-state index contributed by atoms with van der Waals surface area (Å²) < 4.78 is 9.75. The Kier molecular flexibility index (Phi) is 6.07. The summed E-state index contributed by atoms with van der Waals surface area (Å²) in [6.45, 7) is 0.372. The van der Waals surface area contributed by atoms with Crippen LogP contribution in [0.4, 0.5) is 11.4 Å². The highest BCUT2D eigenvalue weighted by molar-refractivity contribution is 5.93. The van der Waals surface area contributed by atoms with E-state index in [2.05, 4.69) is 10.6 Å². The van der Waals surface area contributed by atoms with Gasteiger partial charge in [0, 0.05) is 25.8 Å². The lowest BCUT2D eigenvalue weighted by atomic mass is 10.1. The molecular weight excluding hydrogens is 318 g/mol. The number of nitro benzene ring substituents is 1. The summed E-state index contributed by atoms with van der Waals surface area (Å²) >= 11 is 0. The molecule has 1 aliphatic rings. The van der Waals surface area contributed by atoms with Crippen molar-refractivity contribution in [3.63, 3.8) is 0 Å². The number of amides is 1. The molecule has 2 rings (SSSR count). The molecule has 0 saturated heterocycles. The second-order valence-corrected chi connectivity index (χ2v) is 5.33. The Hall–Kier alpha value is -2.68. The van der Waals surface area contributed by atoms with Gasteiger partial charge >= 0.3 is 5.97 Å². The summed E-state index contributed by atoms with van der Waals surface area (Å²) in [5, 5.41) is 16.7. The molecular formula is C15H19N3O6. The number of nitro groups is 1. The number of carbonyl (C=O) groups is 2. The first-order chi connectivity index (χ1) is 11.5. The lowest BCUT2D eigenvalue weighted by Gasteiger charge is -2.09. The molecule has 1 saturated carbocycles. The highest BCUT2D eigenvalue weighted by atomic mass is 16.6. The number of carbonyl (C=O) groups excluding carboxylic acids is 2. The van der Waals surface area contributed by atoms with E-state index < -0.39 is 17.5 Å². The van der Waals surface area contributed by atoms with E-state index in [1.54, 1.807) is 0 Å². The zero-order valence-corrected chi connectivity index (χ0v) is 13.2. The van der Waals surface area contributed by atoms with Crippen LogP contribution in [-0.4, -0.2) is 49.7 Å². The molecule has 0 aliphatic heterocycles. The van der Waals surface area contributed by atoms with E-state index >= 15 is 0 Å². The first-order valence-corrected chi connectivity index (χ1v) is 7.49. The molecule has 9 nitrogen and oxygen atoms in total. The Balaban J connectivity index is 1.97. The summed E-state index contributed by atoms with van der Waals surface area (Å²) in [7, 11) is 1.52. The van der Waals surface area contributed by atoms with Gasteiger partial charge in [-0.1, -0.05) is 0 Å². The fourth-order valence-electron chi connectivity index (χ4n) is 1.96. The zero-order chi connectivity index (χ0) is 17.5. The van der Waals surface area contributed by atoms with E-state index in [-0.39, 0.29) is 28.9 Å². The highest BCUT2D eigenvalue weighted by Gasteiger charge is 2.24. The van der Waals surface area contributed by atoms with Crippen LogP contribution < -0.4 is 10.6 Å². The number of hydrogen-bond donors (Lipinski definition) is 2. The Bertz CT molecular complexity index is 630. The lowest BCUT2D eigenvalue weighted by molar-refractivity contribution is -0.384. The van der Waals surface area contributed by atoms with E-state index in [9.17, 15) is 19.7 Å². The average Bonchev–Trinajstić information content (AvgIpc) is 3.36. The molecule has 9 heteroatoms. The zero-order valence-electron chi connectivity index (χ0n) is 13.2. The standard InChI is InChI=1S/C15H19N3O6/c1-23-7-6-16-12-5-2-10(8-13(12)18(21)22)15(20)24-9-14(19)17-11-3-4-11/h2,5,8,11,16H,3-4,6-7,9H2,1H3,(H,17,19). The number of benzene rings is 1. The number of methoxy groups -OCH3 is 1. The Morgan fingerprint density at radius 3 is 2.75 bits per heavy atom. The number of ether oxygens (including phenoxy) is 2. The number of rotatable bonds is 9. The second-order valence-electron chi connectivity index (χ2n) is 5.33. The maximum atomic E-state index is 11.9. The fraction of sp³-hybridized carbons (Fsp3) is 0.467. The molecule has 1 aromatic carbocycles. The number of hydrogen-bond acceptors (Lipinski definition) is 7. The molecule has 0 spiro atoms. The lowest BCUT2D eigenvalue weighted by Crippen LogP contribution is -2.30. The van der Waals surface area contributed by atoms with Gasteiger partial charge in [-0.05, 0) is 25.0 Å². The van der Waals surface area contributed by atoms with Crippen LogP contribution in [0.3, 0.4) is 0 Å². The number of nitrogens with zero attached hydrogens (tertiary/aromatic N) is 1. The molecule has 24 heavy (non-hydrogen) atoms. The maximum absolute atomic E-state index is 11.9. The smallest absolute Gasteiger partial charge is 0.338 e. The summed E-state index contributed by atoms with van der Waals surface area (Å²) in [4.78, 5) is 34.0. The molecule has 1 amide bonds. The van der Waals surface area contributed by atoms with Crippen molar-refractivity contribution < 1.29 is 24.0 Å². The topological polar surface area (TPSA) is 120 Å². The van der Waals surface area contributed by atoms with Gasteiger partial charge in [-0.3, -0.25) is 14.9 Å². The van der Waals surface area contributed by atoms with Crippen LogP contribution in [-0.2, 0) is 14.3 Å². The fourth-order valence-corrected chi connectivity index (χ4v) is 1.96. The van der Waals surface area contributed by atoms with Gasteiger partial charge in [0.05, 0.1) is 17.1 Å². The van der Waals surface area contributed by atoms with Crippen LogP contribution >= 0.6 is 0 Å². The van der Waals surface area contributed by atoms with Crippen molar-refractivity contribution in [2.45, 2.75) is 18.9 Å². The van der Waals surface area contributed by atoms with Gasteiger partial charge in [0.1, 0.15) is 5.69 Å². The minimum absolute atomic E-state index is 0.0122. The van der Waals surface area contributed by atoms with E-state index in [1.165, 1.54) is 19.2 Å². The number of nitrogens with one attached hydrogen (secondary N) is 2. The molecule has 130 valence electrons. The molecule has 1 fully saturated rings. The van der Waals surface area contributed by atoms with Gasteiger partial charge in [0.15, 0.2) is 6.61 Å². The third kappa shape index (κ3) is 5.20. The number of esters is 1. The molecule has 1 aromatic rings. The Morgan fingerprint density at radius 2 is 2.12 bits per heavy atom. The second kappa shape index (κ2) is 8.25. The summed E-state index contributed by atoms with van der Waals surface area (Å²) in [6.07, 6.45) is 1.87. The summed E-state index contributed by atoms with van der Waals surface area (Å²) in [5.74, 6) is -1.16. The molecule has 0 aromatic heterocycles. The van der Waals surface area contributed by atoms with Crippen molar-refractivity contribution in [3.05, 3.63) is 33.9 Å². The van der Waals surface area contributed by atoms with Crippen molar-refractivity contribution >= 4 is 23.3 Å². The first-order valence-electron chi connectivity index (χ1n) is 7.49. The number of anilines is 1. The van der Waals surface area contributed by atoms with Crippen molar-refractivity contribution in [1.82, 2.24) is 5.32 Å². The Labute approximate surface area is 138 Å². The van der Waals surface area contributed by atoms with Crippen LogP contribution in [0.5, 0.6) is 0 Å². The van der Waals surface area contributed by atoms with Crippen molar-refractivity contribution in [1.29, 1.82) is 0 Å². The molecule has 0 unspecified atom stereocenters. The van der Waals surface area contributed by atoms with Gasteiger partial charge in [0.2, 0.25) is 0 Å². The quantitative estimate of drug-likeness (QED) is 0.299. The predicted molar refractivity (Wildman–Crippen MR) is 84.9 cm³/mol. The normalized spacial score (nSPS) is 13.2. The van der Waals surface area contributed by atoms with E-state index in [4.69, 9.17) is 9.47 Å². The van der Waals surface area contributed by atoms with Crippen LogP contribution in [0.1, 0.15) is 23.2 Å². The minimum Gasteiger partial charge on any atom is -0.452 e. The minimum atomic E-state index is -0.785. The molecule has 0 heterocycles. The molecule has 0 radical (unpaired) electrons. The summed E-state index contributed by atoms with van der Waals surface area (Å²) in [6, 6.07) is 4.13. The SMILES string of the molecule is COCCNc1ccc(C(=O)OCC(=O)NC2CC2)cc1[N+](=O)[O-]. The molecule has 1 aliphatic carbocycles. The average molecular weight is 337 g/mol. The van der Waals surface area contributed by atoms with Gasteiger partial charge in [-0.2, -0.15) is 0 Å². The van der Waals surface area contributed by atoms with Crippen molar-refractivity contribution in [2.75, 3.05) is 32.2 Å².